The molecule has 32 heavy (non-hydrogen) atoms. The highest BCUT2D eigenvalue weighted by molar-refractivity contribution is 5.94. The van der Waals surface area contributed by atoms with Crippen molar-refractivity contribution in [2.24, 2.45) is 11.8 Å². The van der Waals surface area contributed by atoms with Gasteiger partial charge in [0.05, 0.1) is 0 Å². The van der Waals surface area contributed by atoms with Gasteiger partial charge >= 0.3 is 0 Å². The van der Waals surface area contributed by atoms with Crippen molar-refractivity contribution in [1.29, 1.82) is 0 Å². The second-order valence-corrected chi connectivity index (χ2v) is 9.21. The Hall–Kier alpha value is -1.76. The van der Waals surface area contributed by atoms with Crippen LogP contribution in [-0.4, -0.2) is 82.9 Å². The lowest BCUT2D eigenvalue weighted by Gasteiger charge is -2.23. The highest BCUT2D eigenvalue weighted by atomic mass is 16.2. The van der Waals surface area contributed by atoms with E-state index in [2.05, 4.69) is 36.6 Å². The molecule has 1 unspecified atom stereocenters. The van der Waals surface area contributed by atoms with Crippen LogP contribution in [0.2, 0.25) is 0 Å². The van der Waals surface area contributed by atoms with Crippen molar-refractivity contribution in [3.63, 3.8) is 0 Å². The highest BCUT2D eigenvalue weighted by Crippen LogP contribution is 2.16. The maximum atomic E-state index is 12.3. The maximum absolute atomic E-state index is 12.3. The Morgan fingerprint density at radius 2 is 1.78 bits per heavy atom. The molecule has 1 heterocycles. The number of carbonyl (C=O) groups is 2. The summed E-state index contributed by atoms with van der Waals surface area (Å²) in [4.78, 5) is 26.9. The van der Waals surface area contributed by atoms with Crippen LogP contribution in [0.5, 0.6) is 0 Å². The molecule has 0 radical (unpaired) electrons. The van der Waals surface area contributed by atoms with E-state index < -0.39 is 0 Å². The lowest BCUT2D eigenvalue weighted by Crippen LogP contribution is -2.29. The van der Waals surface area contributed by atoms with E-state index in [-0.39, 0.29) is 5.91 Å². The molecule has 1 aliphatic heterocycles. The second kappa shape index (κ2) is 16.8. The number of rotatable bonds is 12. The Morgan fingerprint density at radius 1 is 1.12 bits per heavy atom. The molecule has 1 aromatic carbocycles. The molecular weight excluding hydrogens is 400 g/mol. The van der Waals surface area contributed by atoms with Gasteiger partial charge < -0.3 is 20.4 Å². The summed E-state index contributed by atoms with van der Waals surface area (Å²) in [6.07, 6.45) is 8.23. The Morgan fingerprint density at radius 3 is 2.31 bits per heavy atom. The minimum atomic E-state index is 0.0101. The smallest absolute Gasteiger partial charge is 0.253 e. The normalized spacial score (nSPS) is 15.1. The van der Waals surface area contributed by atoms with Gasteiger partial charge in [0.2, 0.25) is 0 Å². The zero-order chi connectivity index (χ0) is 23.8. The number of hydrogen-bond acceptors (Lipinski definition) is 5. The SMILES string of the molecule is CCC(CCNC)CCN(C)C(=O)c1ccc(C=O)cc1.CN(C)CCC1CCNCC1. The van der Waals surface area contributed by atoms with E-state index in [0.29, 0.717) is 17.0 Å². The van der Waals surface area contributed by atoms with Crippen LogP contribution in [0.15, 0.2) is 24.3 Å². The third kappa shape index (κ3) is 11.7. The fourth-order valence-electron chi connectivity index (χ4n) is 3.91. The molecular formula is C26H46N4O2. The molecule has 0 saturated carbocycles. The van der Waals surface area contributed by atoms with Gasteiger partial charge in [-0.2, -0.15) is 0 Å². The first-order chi connectivity index (χ1) is 15.4. The lowest BCUT2D eigenvalue weighted by molar-refractivity contribution is 0.0785. The standard InChI is InChI=1S/C17H26N2O2.C9H20N2/c1-4-14(9-11-18-2)10-12-19(3)17(21)16-7-5-15(13-20)6-8-16;1-11(2)8-5-9-3-6-10-7-4-9/h5-8,13-14,18H,4,9-12H2,1-3H3;9-10H,3-8H2,1-2H3. The van der Waals surface area contributed by atoms with Crippen molar-refractivity contribution in [2.75, 3.05) is 60.9 Å². The van der Waals surface area contributed by atoms with Crippen molar-refractivity contribution in [3.05, 3.63) is 35.4 Å². The van der Waals surface area contributed by atoms with E-state index in [1.165, 1.54) is 38.9 Å². The molecule has 182 valence electrons. The molecule has 1 aliphatic rings. The predicted octanol–water partition coefficient (Wildman–Crippen LogP) is 3.53. The average molecular weight is 447 g/mol. The first-order valence-electron chi connectivity index (χ1n) is 12.2. The summed E-state index contributed by atoms with van der Waals surface area (Å²) in [5.74, 6) is 1.64. The number of benzene rings is 1. The summed E-state index contributed by atoms with van der Waals surface area (Å²) in [7, 11) is 8.11. The van der Waals surface area contributed by atoms with Crippen LogP contribution in [0.4, 0.5) is 0 Å². The number of hydrogen-bond donors (Lipinski definition) is 2. The molecule has 1 aromatic rings. The first-order valence-corrected chi connectivity index (χ1v) is 12.2. The van der Waals surface area contributed by atoms with Gasteiger partial charge in [-0.1, -0.05) is 25.5 Å². The van der Waals surface area contributed by atoms with Crippen LogP contribution < -0.4 is 10.6 Å². The zero-order valence-corrected chi connectivity index (χ0v) is 21.0. The van der Waals surface area contributed by atoms with Gasteiger partial charge in [-0.05, 0) is 103 Å². The highest BCUT2D eigenvalue weighted by Gasteiger charge is 2.14. The molecule has 0 aromatic heterocycles. The molecule has 0 aliphatic carbocycles. The minimum Gasteiger partial charge on any atom is -0.342 e. The molecule has 0 spiro atoms. The summed E-state index contributed by atoms with van der Waals surface area (Å²) in [6, 6.07) is 6.77. The van der Waals surface area contributed by atoms with Crippen LogP contribution in [0, 0.1) is 11.8 Å². The average Bonchev–Trinajstić information content (AvgIpc) is 2.83. The quantitative estimate of drug-likeness (QED) is 0.481. The summed E-state index contributed by atoms with van der Waals surface area (Å²) < 4.78 is 0. The fraction of sp³-hybridized carbons (Fsp3) is 0.692. The van der Waals surface area contributed by atoms with Crippen molar-refractivity contribution in [2.45, 2.75) is 45.4 Å². The van der Waals surface area contributed by atoms with Crippen LogP contribution in [0.3, 0.4) is 0 Å². The molecule has 0 bridgehead atoms. The van der Waals surface area contributed by atoms with Gasteiger partial charge in [0, 0.05) is 24.7 Å². The van der Waals surface area contributed by atoms with Crippen LogP contribution in [-0.2, 0) is 0 Å². The van der Waals surface area contributed by atoms with Crippen molar-refractivity contribution >= 4 is 12.2 Å². The third-order valence-corrected chi connectivity index (χ3v) is 6.34. The van der Waals surface area contributed by atoms with Gasteiger partial charge in [0.1, 0.15) is 6.29 Å². The number of piperidine rings is 1. The molecule has 2 rings (SSSR count). The third-order valence-electron chi connectivity index (χ3n) is 6.34. The minimum absolute atomic E-state index is 0.0101. The van der Waals surface area contributed by atoms with Gasteiger partial charge in [0.15, 0.2) is 0 Å². The molecule has 6 nitrogen and oxygen atoms in total. The van der Waals surface area contributed by atoms with Gasteiger partial charge in [-0.15, -0.1) is 0 Å². The fourth-order valence-corrected chi connectivity index (χ4v) is 3.91. The Balaban J connectivity index is 0.000000389. The Bertz CT molecular complexity index is 627. The van der Waals surface area contributed by atoms with E-state index in [0.717, 1.165) is 44.6 Å². The number of amides is 1. The summed E-state index contributed by atoms with van der Waals surface area (Å²) >= 11 is 0. The summed E-state index contributed by atoms with van der Waals surface area (Å²) in [6.45, 7) is 7.70. The first kappa shape index (κ1) is 28.3. The molecule has 6 heteroatoms. The number of carbonyl (C=O) groups excluding carboxylic acids is 2. The Kier molecular flexibility index (Phi) is 14.9. The van der Waals surface area contributed by atoms with Gasteiger partial charge in [0.25, 0.3) is 5.91 Å². The maximum Gasteiger partial charge on any atom is 0.253 e. The molecule has 1 fully saturated rings. The number of nitrogens with one attached hydrogen (secondary N) is 2. The second-order valence-electron chi connectivity index (χ2n) is 9.21. The van der Waals surface area contributed by atoms with E-state index in [1.54, 1.807) is 29.2 Å². The molecule has 2 N–H and O–H groups in total. The van der Waals surface area contributed by atoms with Gasteiger partial charge in [-0.25, -0.2) is 0 Å². The number of nitrogens with zero attached hydrogens (tertiary/aromatic N) is 2. The summed E-state index contributed by atoms with van der Waals surface area (Å²) in [5, 5.41) is 6.56. The topological polar surface area (TPSA) is 64.7 Å². The van der Waals surface area contributed by atoms with Crippen LogP contribution in [0.1, 0.15) is 66.2 Å². The van der Waals surface area contributed by atoms with Crippen molar-refractivity contribution < 1.29 is 9.59 Å². The van der Waals surface area contributed by atoms with Crippen molar-refractivity contribution in [3.8, 4) is 0 Å². The lowest BCUT2D eigenvalue weighted by atomic mass is 9.95. The van der Waals surface area contributed by atoms with Crippen LogP contribution in [0.25, 0.3) is 0 Å². The zero-order valence-electron chi connectivity index (χ0n) is 21.0. The van der Waals surface area contributed by atoms with E-state index in [9.17, 15) is 9.59 Å². The van der Waals surface area contributed by atoms with E-state index in [1.807, 2.05) is 14.1 Å². The summed E-state index contributed by atoms with van der Waals surface area (Å²) in [5.41, 5.74) is 1.22. The van der Waals surface area contributed by atoms with E-state index in [4.69, 9.17) is 0 Å². The predicted molar refractivity (Wildman–Crippen MR) is 134 cm³/mol. The van der Waals surface area contributed by atoms with Gasteiger partial charge in [-0.3, -0.25) is 9.59 Å². The monoisotopic (exact) mass is 446 g/mol. The van der Waals surface area contributed by atoms with E-state index >= 15 is 0 Å². The van der Waals surface area contributed by atoms with Crippen LogP contribution >= 0.6 is 0 Å². The van der Waals surface area contributed by atoms with Crippen molar-refractivity contribution in [1.82, 2.24) is 20.4 Å². The Labute approximate surface area is 196 Å². The number of aldehydes is 1. The molecule has 1 atom stereocenters. The molecule has 1 amide bonds. The largest absolute Gasteiger partial charge is 0.342 e. The molecule has 1 saturated heterocycles.